The molecule has 0 aliphatic heterocycles. The van der Waals surface area contributed by atoms with Gasteiger partial charge in [-0.1, -0.05) is 30.3 Å². The first kappa shape index (κ1) is 12.5. The SMILES string of the molecule is CN/N=C(/Br)Nc1ccc(C2CC2)c2ccccc12. The molecule has 0 saturated heterocycles. The smallest absolute Gasteiger partial charge is 0.193 e. The van der Waals surface area contributed by atoms with Crippen LogP contribution in [-0.4, -0.2) is 11.8 Å². The van der Waals surface area contributed by atoms with Crippen molar-refractivity contribution >= 4 is 37.1 Å². The van der Waals surface area contributed by atoms with Crippen molar-refractivity contribution in [1.82, 2.24) is 5.43 Å². The summed E-state index contributed by atoms with van der Waals surface area (Å²) in [6.45, 7) is 0. The van der Waals surface area contributed by atoms with Crippen LogP contribution in [0.15, 0.2) is 41.5 Å². The third kappa shape index (κ3) is 2.59. The van der Waals surface area contributed by atoms with Gasteiger partial charge in [0.1, 0.15) is 0 Å². The van der Waals surface area contributed by atoms with Gasteiger partial charge in [-0.3, -0.25) is 0 Å². The van der Waals surface area contributed by atoms with E-state index in [0.717, 1.165) is 11.6 Å². The highest BCUT2D eigenvalue weighted by Crippen LogP contribution is 2.44. The molecule has 1 saturated carbocycles. The number of nitrogens with one attached hydrogen (secondary N) is 2. The summed E-state index contributed by atoms with van der Waals surface area (Å²) in [5.74, 6) is 0.758. The Hall–Kier alpha value is -1.55. The summed E-state index contributed by atoms with van der Waals surface area (Å²) in [6.07, 6.45) is 2.64. The molecule has 0 unspecified atom stereocenters. The van der Waals surface area contributed by atoms with Gasteiger partial charge in [-0.05, 0) is 51.7 Å². The number of hydrazone groups is 1. The van der Waals surface area contributed by atoms with E-state index in [-0.39, 0.29) is 0 Å². The minimum absolute atomic E-state index is 0.680. The monoisotopic (exact) mass is 317 g/mol. The molecule has 19 heavy (non-hydrogen) atoms. The van der Waals surface area contributed by atoms with Crippen LogP contribution in [0.2, 0.25) is 0 Å². The zero-order valence-electron chi connectivity index (χ0n) is 10.8. The van der Waals surface area contributed by atoms with Crippen LogP contribution in [0, 0.1) is 0 Å². The van der Waals surface area contributed by atoms with Gasteiger partial charge in [0.2, 0.25) is 0 Å². The fraction of sp³-hybridized carbons (Fsp3) is 0.267. The van der Waals surface area contributed by atoms with Crippen LogP contribution in [-0.2, 0) is 0 Å². The molecular formula is C15H16BrN3. The van der Waals surface area contributed by atoms with Gasteiger partial charge < -0.3 is 10.7 Å². The van der Waals surface area contributed by atoms with E-state index < -0.39 is 0 Å². The molecule has 1 aliphatic rings. The number of amidine groups is 1. The Morgan fingerprint density at radius 1 is 1.16 bits per heavy atom. The molecule has 0 aromatic heterocycles. The number of hydrogen-bond donors (Lipinski definition) is 2. The number of hydrogen-bond acceptors (Lipinski definition) is 2. The fourth-order valence-electron chi connectivity index (χ4n) is 2.42. The first-order valence-electron chi connectivity index (χ1n) is 6.48. The molecule has 4 heteroatoms. The first-order chi connectivity index (χ1) is 9.29. The molecule has 0 amide bonds. The van der Waals surface area contributed by atoms with Crippen LogP contribution in [0.1, 0.15) is 24.3 Å². The van der Waals surface area contributed by atoms with E-state index in [1.54, 1.807) is 7.05 Å². The Labute approximate surface area is 121 Å². The molecule has 2 N–H and O–H groups in total. The summed E-state index contributed by atoms with van der Waals surface area (Å²) in [6, 6.07) is 12.9. The molecule has 0 radical (unpaired) electrons. The van der Waals surface area contributed by atoms with Gasteiger partial charge in [0.25, 0.3) is 0 Å². The summed E-state index contributed by atoms with van der Waals surface area (Å²) in [4.78, 5) is 0. The number of rotatable bonds is 3. The topological polar surface area (TPSA) is 36.4 Å². The van der Waals surface area contributed by atoms with E-state index in [9.17, 15) is 0 Å². The molecular weight excluding hydrogens is 302 g/mol. The molecule has 3 rings (SSSR count). The van der Waals surface area contributed by atoms with Gasteiger partial charge >= 0.3 is 0 Å². The standard InChI is InChI=1S/C15H16BrN3/c1-17-19-15(16)18-14-9-8-11(10-6-7-10)12-4-2-3-5-13(12)14/h2-5,8-10,17H,6-7H2,1H3,(H,18,19). The summed E-state index contributed by atoms with van der Waals surface area (Å²) >= 11 is 3.40. The number of fused-ring (bicyclic) bond motifs is 1. The quantitative estimate of drug-likeness (QED) is 0.388. The van der Waals surface area contributed by atoms with Gasteiger partial charge in [0.05, 0.1) is 0 Å². The maximum absolute atomic E-state index is 4.07. The van der Waals surface area contributed by atoms with Crippen molar-refractivity contribution in [2.24, 2.45) is 5.10 Å². The van der Waals surface area contributed by atoms with Gasteiger partial charge in [0.15, 0.2) is 4.74 Å². The van der Waals surface area contributed by atoms with Gasteiger partial charge in [0, 0.05) is 18.1 Å². The van der Waals surface area contributed by atoms with Crippen LogP contribution in [0.25, 0.3) is 10.8 Å². The Morgan fingerprint density at radius 2 is 1.89 bits per heavy atom. The largest absolute Gasteiger partial charge is 0.332 e. The van der Waals surface area contributed by atoms with E-state index in [4.69, 9.17) is 0 Å². The normalized spacial score (nSPS) is 15.6. The average molecular weight is 318 g/mol. The van der Waals surface area contributed by atoms with Crippen LogP contribution >= 0.6 is 15.9 Å². The highest BCUT2D eigenvalue weighted by atomic mass is 79.9. The van der Waals surface area contributed by atoms with Gasteiger partial charge in [-0.25, -0.2) is 0 Å². The molecule has 3 nitrogen and oxygen atoms in total. The van der Waals surface area contributed by atoms with E-state index in [1.165, 1.54) is 29.2 Å². The lowest BCUT2D eigenvalue weighted by molar-refractivity contribution is 0.905. The van der Waals surface area contributed by atoms with Gasteiger partial charge in [-0.15, -0.1) is 0 Å². The van der Waals surface area contributed by atoms with Crippen molar-refractivity contribution < 1.29 is 0 Å². The van der Waals surface area contributed by atoms with Crippen molar-refractivity contribution in [1.29, 1.82) is 0 Å². The number of nitrogens with zero attached hydrogens (tertiary/aromatic N) is 1. The second-order valence-corrected chi connectivity index (χ2v) is 5.52. The molecule has 0 heterocycles. The van der Waals surface area contributed by atoms with Crippen molar-refractivity contribution in [2.75, 3.05) is 12.4 Å². The molecule has 0 spiro atoms. The van der Waals surface area contributed by atoms with Crippen LogP contribution < -0.4 is 10.7 Å². The van der Waals surface area contributed by atoms with E-state index in [0.29, 0.717) is 4.74 Å². The molecule has 2 aromatic carbocycles. The number of benzene rings is 2. The fourth-order valence-corrected chi connectivity index (χ4v) is 2.81. The molecule has 1 aliphatic carbocycles. The second-order valence-electron chi connectivity index (χ2n) is 4.77. The van der Waals surface area contributed by atoms with E-state index in [2.05, 4.69) is 68.2 Å². The Morgan fingerprint density at radius 3 is 2.58 bits per heavy atom. The minimum Gasteiger partial charge on any atom is -0.332 e. The predicted molar refractivity (Wildman–Crippen MR) is 85.0 cm³/mol. The zero-order valence-corrected chi connectivity index (χ0v) is 12.4. The zero-order chi connectivity index (χ0) is 13.2. The summed E-state index contributed by atoms with van der Waals surface area (Å²) in [5, 5.41) is 9.94. The average Bonchev–Trinajstić information content (AvgIpc) is 3.24. The van der Waals surface area contributed by atoms with Crippen molar-refractivity contribution in [3.05, 3.63) is 42.0 Å². The first-order valence-corrected chi connectivity index (χ1v) is 7.27. The maximum Gasteiger partial charge on any atom is 0.193 e. The lowest BCUT2D eigenvalue weighted by Gasteiger charge is -2.11. The highest BCUT2D eigenvalue weighted by Gasteiger charge is 2.25. The molecule has 98 valence electrons. The highest BCUT2D eigenvalue weighted by molar-refractivity contribution is 9.18. The second kappa shape index (κ2) is 5.21. The Kier molecular flexibility index (Phi) is 3.42. The lowest BCUT2D eigenvalue weighted by Crippen LogP contribution is -2.09. The number of halogens is 1. The molecule has 1 fully saturated rings. The Balaban J connectivity index is 2.06. The number of anilines is 1. The summed E-state index contributed by atoms with van der Waals surface area (Å²) in [7, 11) is 1.78. The third-order valence-electron chi connectivity index (χ3n) is 3.42. The van der Waals surface area contributed by atoms with Crippen molar-refractivity contribution in [2.45, 2.75) is 18.8 Å². The summed E-state index contributed by atoms with van der Waals surface area (Å²) < 4.78 is 0.680. The minimum atomic E-state index is 0.680. The van der Waals surface area contributed by atoms with Gasteiger partial charge in [-0.2, -0.15) is 5.10 Å². The van der Waals surface area contributed by atoms with E-state index >= 15 is 0 Å². The van der Waals surface area contributed by atoms with Crippen LogP contribution in [0.4, 0.5) is 5.69 Å². The molecule has 0 atom stereocenters. The lowest BCUT2D eigenvalue weighted by atomic mass is 10.00. The molecule has 0 bridgehead atoms. The summed E-state index contributed by atoms with van der Waals surface area (Å²) in [5.41, 5.74) is 5.30. The third-order valence-corrected chi connectivity index (χ3v) is 3.80. The van der Waals surface area contributed by atoms with Crippen LogP contribution in [0.3, 0.4) is 0 Å². The Bertz CT molecular complexity index is 632. The molecule has 2 aromatic rings. The maximum atomic E-state index is 4.07. The van der Waals surface area contributed by atoms with E-state index in [1.807, 2.05) is 0 Å². The predicted octanol–water partition coefficient (Wildman–Crippen LogP) is 4.01. The van der Waals surface area contributed by atoms with Crippen molar-refractivity contribution in [3.63, 3.8) is 0 Å². The van der Waals surface area contributed by atoms with Crippen molar-refractivity contribution in [3.8, 4) is 0 Å². The van der Waals surface area contributed by atoms with Crippen LogP contribution in [0.5, 0.6) is 0 Å².